The molecule has 0 aliphatic rings. The zero-order valence-electron chi connectivity index (χ0n) is 13.9. The smallest absolute Gasteiger partial charge is 0.248 e. The monoisotopic (exact) mass is 362 g/mol. The molecule has 4 rings (SSSR count). The minimum Gasteiger partial charge on any atom is -0.504 e. The van der Waals surface area contributed by atoms with Crippen molar-refractivity contribution in [3.63, 3.8) is 0 Å². The van der Waals surface area contributed by atoms with E-state index in [1.54, 1.807) is 42.5 Å². The van der Waals surface area contributed by atoms with Crippen LogP contribution in [-0.4, -0.2) is 37.1 Å². The Balaban J connectivity index is 1.74. The van der Waals surface area contributed by atoms with Gasteiger partial charge in [0.05, 0.1) is 11.0 Å². The van der Waals surface area contributed by atoms with Gasteiger partial charge in [-0.05, 0) is 30.3 Å². The number of primary amides is 2. The summed E-state index contributed by atoms with van der Waals surface area (Å²) in [6, 6.07) is 11.2. The number of nitrogens with zero attached hydrogens (tertiary/aromatic N) is 2. The van der Waals surface area contributed by atoms with Crippen molar-refractivity contribution < 1.29 is 14.7 Å². The maximum Gasteiger partial charge on any atom is 0.248 e. The Hall–Kier alpha value is -4.14. The number of aromatic nitrogens is 4. The van der Waals surface area contributed by atoms with Crippen LogP contribution in [0.3, 0.4) is 0 Å². The molecule has 0 aliphatic heterocycles. The van der Waals surface area contributed by atoms with Gasteiger partial charge in [0, 0.05) is 16.7 Å². The van der Waals surface area contributed by atoms with Crippen molar-refractivity contribution in [2.24, 2.45) is 11.5 Å². The van der Waals surface area contributed by atoms with E-state index in [1.165, 1.54) is 0 Å². The Bertz CT molecular complexity index is 1190. The molecule has 2 aromatic carbocycles. The number of hydrogen-bond donors (Lipinski definition) is 5. The van der Waals surface area contributed by atoms with Gasteiger partial charge in [-0.15, -0.1) is 0 Å². The summed E-state index contributed by atoms with van der Waals surface area (Å²) >= 11 is 0. The van der Waals surface area contributed by atoms with Gasteiger partial charge >= 0.3 is 0 Å². The third kappa shape index (κ3) is 2.76. The quantitative estimate of drug-likeness (QED) is 0.371. The number of aromatic hydroxyl groups is 1. The fraction of sp³-hybridized carbons (Fsp3) is 0. The number of amides is 2. The average Bonchev–Trinajstić information content (AvgIpc) is 3.24. The van der Waals surface area contributed by atoms with Crippen LogP contribution in [0, 0.1) is 0 Å². The first-order valence-electron chi connectivity index (χ1n) is 7.91. The number of fused-ring (bicyclic) bond motifs is 1. The number of carbonyl (C=O) groups excluding carboxylic acids is 2. The minimum atomic E-state index is -0.542. The van der Waals surface area contributed by atoms with Gasteiger partial charge in [0.15, 0.2) is 11.6 Å². The Morgan fingerprint density at radius 3 is 2.30 bits per heavy atom. The first-order chi connectivity index (χ1) is 12.9. The van der Waals surface area contributed by atoms with Crippen LogP contribution < -0.4 is 11.5 Å². The number of carbonyl (C=O) groups is 2. The van der Waals surface area contributed by atoms with E-state index in [0.29, 0.717) is 44.9 Å². The van der Waals surface area contributed by atoms with Gasteiger partial charge in [0.2, 0.25) is 11.8 Å². The van der Waals surface area contributed by atoms with Crippen molar-refractivity contribution in [1.82, 2.24) is 20.2 Å². The Labute approximate surface area is 152 Å². The molecule has 4 aromatic rings. The molecule has 7 N–H and O–H groups in total. The van der Waals surface area contributed by atoms with Crippen LogP contribution in [0.15, 0.2) is 42.5 Å². The highest BCUT2D eigenvalue weighted by molar-refractivity contribution is 5.96. The Morgan fingerprint density at radius 1 is 0.963 bits per heavy atom. The van der Waals surface area contributed by atoms with Crippen molar-refractivity contribution >= 4 is 22.8 Å². The van der Waals surface area contributed by atoms with Gasteiger partial charge in [-0.3, -0.25) is 14.7 Å². The van der Waals surface area contributed by atoms with Crippen molar-refractivity contribution in [3.8, 4) is 28.5 Å². The highest BCUT2D eigenvalue weighted by atomic mass is 16.3. The van der Waals surface area contributed by atoms with Gasteiger partial charge in [0.1, 0.15) is 11.4 Å². The van der Waals surface area contributed by atoms with E-state index in [-0.39, 0.29) is 5.75 Å². The minimum absolute atomic E-state index is 0.101. The van der Waals surface area contributed by atoms with Crippen molar-refractivity contribution in [1.29, 1.82) is 0 Å². The molecular weight excluding hydrogens is 348 g/mol. The molecule has 2 amide bonds. The van der Waals surface area contributed by atoms with E-state index in [9.17, 15) is 14.7 Å². The second-order valence-electron chi connectivity index (χ2n) is 5.92. The van der Waals surface area contributed by atoms with Crippen molar-refractivity contribution in [3.05, 3.63) is 53.6 Å². The molecule has 0 saturated heterocycles. The highest BCUT2D eigenvalue weighted by Gasteiger charge is 2.18. The standard InChI is InChI=1S/C18H14N6O3/c19-16(26)9-3-1-8(2-4-9)13-15(25)14(24-23-13)18-21-11-6-5-10(17(20)27)7-12(11)22-18/h1-7,25H,(H2,19,26)(H2,20,27)(H,21,22)(H,23,24). The number of nitrogens with two attached hydrogens (primary N) is 2. The van der Waals surface area contributed by atoms with Gasteiger partial charge < -0.3 is 21.6 Å². The predicted octanol–water partition coefficient (Wildman–Crippen LogP) is 1.52. The lowest BCUT2D eigenvalue weighted by atomic mass is 10.1. The van der Waals surface area contributed by atoms with Gasteiger partial charge in [0.25, 0.3) is 0 Å². The molecule has 9 nitrogen and oxygen atoms in total. The summed E-state index contributed by atoms with van der Waals surface area (Å²) < 4.78 is 0. The van der Waals surface area contributed by atoms with Crippen LogP contribution in [-0.2, 0) is 0 Å². The lowest BCUT2D eigenvalue weighted by Crippen LogP contribution is -2.10. The number of rotatable bonds is 4. The van der Waals surface area contributed by atoms with Crippen LogP contribution >= 0.6 is 0 Å². The number of imidazole rings is 1. The molecule has 2 aromatic heterocycles. The SMILES string of the molecule is NC(=O)c1ccc(-c2n[nH]c(-c3nc4ccc(C(N)=O)cc4[nH]3)c2O)cc1. The molecule has 0 radical (unpaired) electrons. The maximum absolute atomic E-state index is 11.3. The van der Waals surface area contributed by atoms with E-state index in [0.717, 1.165) is 0 Å². The Kier molecular flexibility index (Phi) is 3.62. The van der Waals surface area contributed by atoms with Crippen molar-refractivity contribution in [2.45, 2.75) is 0 Å². The number of H-pyrrole nitrogens is 2. The predicted molar refractivity (Wildman–Crippen MR) is 97.8 cm³/mol. The normalized spacial score (nSPS) is 11.0. The van der Waals surface area contributed by atoms with E-state index >= 15 is 0 Å². The zero-order chi connectivity index (χ0) is 19.1. The van der Waals surface area contributed by atoms with Crippen molar-refractivity contribution in [2.75, 3.05) is 0 Å². The molecule has 0 atom stereocenters. The van der Waals surface area contributed by atoms with Crippen LogP contribution in [0.5, 0.6) is 5.75 Å². The molecule has 0 unspecified atom stereocenters. The summed E-state index contributed by atoms with van der Waals surface area (Å²) in [6.07, 6.45) is 0. The number of nitrogens with one attached hydrogen (secondary N) is 2. The largest absolute Gasteiger partial charge is 0.504 e. The molecule has 0 fully saturated rings. The molecule has 0 aliphatic carbocycles. The first-order valence-corrected chi connectivity index (χ1v) is 7.91. The average molecular weight is 362 g/mol. The van der Waals surface area contributed by atoms with E-state index in [2.05, 4.69) is 20.2 Å². The molecule has 9 heteroatoms. The maximum atomic E-state index is 11.3. The molecule has 134 valence electrons. The zero-order valence-corrected chi connectivity index (χ0v) is 13.9. The lowest BCUT2D eigenvalue weighted by molar-refractivity contribution is 0.0992. The van der Waals surface area contributed by atoms with E-state index < -0.39 is 11.8 Å². The molecule has 0 spiro atoms. The lowest BCUT2D eigenvalue weighted by Gasteiger charge is -2.00. The molecule has 0 saturated carbocycles. The van der Waals surface area contributed by atoms with Crippen LogP contribution in [0.4, 0.5) is 0 Å². The fourth-order valence-corrected chi connectivity index (χ4v) is 2.78. The topological polar surface area (TPSA) is 164 Å². The number of aromatic amines is 2. The third-order valence-corrected chi connectivity index (χ3v) is 4.19. The molecular formula is C18H14N6O3. The third-order valence-electron chi connectivity index (χ3n) is 4.19. The van der Waals surface area contributed by atoms with Gasteiger partial charge in [-0.2, -0.15) is 5.10 Å². The van der Waals surface area contributed by atoms with Gasteiger partial charge in [-0.1, -0.05) is 12.1 Å². The summed E-state index contributed by atoms with van der Waals surface area (Å²) in [7, 11) is 0. The molecule has 27 heavy (non-hydrogen) atoms. The highest BCUT2D eigenvalue weighted by Crippen LogP contribution is 2.35. The first kappa shape index (κ1) is 16.3. The molecule has 2 heterocycles. The van der Waals surface area contributed by atoms with Crippen LogP contribution in [0.25, 0.3) is 33.8 Å². The summed E-state index contributed by atoms with van der Waals surface area (Å²) in [5.74, 6) is -0.821. The second-order valence-corrected chi connectivity index (χ2v) is 5.92. The van der Waals surface area contributed by atoms with Gasteiger partial charge in [-0.25, -0.2) is 4.98 Å². The summed E-state index contributed by atoms with van der Waals surface area (Å²) in [6.45, 7) is 0. The summed E-state index contributed by atoms with van der Waals surface area (Å²) in [4.78, 5) is 29.9. The Morgan fingerprint density at radius 2 is 1.63 bits per heavy atom. The fourth-order valence-electron chi connectivity index (χ4n) is 2.78. The summed E-state index contributed by atoms with van der Waals surface area (Å²) in [5, 5.41) is 17.4. The van der Waals surface area contributed by atoms with Crippen LogP contribution in [0.1, 0.15) is 20.7 Å². The van der Waals surface area contributed by atoms with E-state index in [4.69, 9.17) is 11.5 Å². The van der Waals surface area contributed by atoms with E-state index in [1.807, 2.05) is 0 Å². The van der Waals surface area contributed by atoms with Crippen LogP contribution in [0.2, 0.25) is 0 Å². The molecule has 0 bridgehead atoms. The second kappa shape index (κ2) is 5.99. The number of hydrogen-bond acceptors (Lipinski definition) is 5. The number of benzene rings is 2. The summed E-state index contributed by atoms with van der Waals surface area (Å²) in [5.41, 5.74) is 13.6.